The van der Waals surface area contributed by atoms with Crippen molar-refractivity contribution in [3.05, 3.63) is 64.3 Å². The largest absolute Gasteiger partial charge is 0.497 e. The molecule has 1 heterocycles. The van der Waals surface area contributed by atoms with Crippen LogP contribution in [0.1, 0.15) is 81.4 Å². The highest BCUT2D eigenvalue weighted by Crippen LogP contribution is 2.41. The van der Waals surface area contributed by atoms with Crippen LogP contribution >= 0.6 is 11.6 Å². The third-order valence-electron chi connectivity index (χ3n) is 7.34. The van der Waals surface area contributed by atoms with Crippen LogP contribution in [0, 0.1) is 6.92 Å². The lowest BCUT2D eigenvalue weighted by atomic mass is 9.81. The van der Waals surface area contributed by atoms with E-state index in [1.54, 1.807) is 46.9 Å². The van der Waals surface area contributed by atoms with Crippen molar-refractivity contribution >= 4 is 40.2 Å². The van der Waals surface area contributed by atoms with Gasteiger partial charge in [0.05, 0.1) is 12.6 Å². The Hall–Kier alpha value is -3.32. The van der Waals surface area contributed by atoms with Crippen molar-refractivity contribution < 1.29 is 19.1 Å². The second kappa shape index (κ2) is 13.2. The van der Waals surface area contributed by atoms with Crippen LogP contribution < -0.4 is 10.1 Å². The number of amides is 2. The molecule has 0 fully saturated rings. The van der Waals surface area contributed by atoms with Crippen LogP contribution in [0.4, 0.5) is 0 Å². The monoisotopic (exact) mass is 553 g/mol. The van der Waals surface area contributed by atoms with Crippen molar-refractivity contribution in [2.24, 2.45) is 0 Å². The van der Waals surface area contributed by atoms with E-state index in [1.807, 2.05) is 32.9 Å². The Kier molecular flexibility index (Phi) is 10.2. The number of carbonyl (C=O) groups excluding carboxylic acids is 3. The van der Waals surface area contributed by atoms with E-state index in [1.165, 1.54) is 6.92 Å². The molecule has 7 nitrogen and oxygen atoms in total. The number of methoxy groups -OCH3 is 1. The summed E-state index contributed by atoms with van der Waals surface area (Å²) in [6, 6.07) is 12.2. The Morgan fingerprint density at radius 3 is 2.23 bits per heavy atom. The molecule has 1 atom stereocenters. The first-order chi connectivity index (χ1) is 18.6. The topological polar surface area (TPSA) is 80.6 Å². The number of ether oxygens (including phenoxy) is 1. The Morgan fingerprint density at radius 2 is 1.67 bits per heavy atom. The number of hydrogen-bond donors (Lipinski definition) is 1. The number of nitrogens with zero attached hydrogens (tertiary/aromatic N) is 2. The summed E-state index contributed by atoms with van der Waals surface area (Å²) in [4.78, 5) is 42.9. The normalized spacial score (nSPS) is 12.7. The summed E-state index contributed by atoms with van der Waals surface area (Å²) in [6.07, 6.45) is 4.14. The molecule has 1 unspecified atom stereocenters. The Bertz CT molecular complexity index is 1330. The summed E-state index contributed by atoms with van der Waals surface area (Å²) < 4.78 is 7.18. The maximum atomic E-state index is 14.4. The standard InChI is InChI=1S/C31H40ClN3O4/c1-7-10-11-12-19-31(33-22(5)36,30(38)34(8-2)9-3)28-21(4)35(27-18-17-25(39-6)20-26(27)28)29(37)23-13-15-24(32)16-14-23/h13-18,20H,7-12,19H2,1-6H3,(H,33,36). The third kappa shape index (κ3) is 6.14. The average Bonchev–Trinajstić information content (AvgIpc) is 3.21. The fourth-order valence-corrected chi connectivity index (χ4v) is 5.59. The predicted molar refractivity (Wildman–Crippen MR) is 157 cm³/mol. The van der Waals surface area contributed by atoms with E-state index < -0.39 is 5.54 Å². The maximum absolute atomic E-state index is 14.4. The SMILES string of the molecule is CCCCCCC(NC(C)=O)(C(=O)N(CC)CC)c1c(C)n(C(=O)c2ccc(Cl)cc2)c2ccc(OC)cc12. The molecule has 0 aliphatic rings. The van der Waals surface area contributed by atoms with Gasteiger partial charge in [-0.05, 0) is 69.7 Å². The molecule has 0 saturated heterocycles. The molecule has 8 heteroatoms. The summed E-state index contributed by atoms with van der Waals surface area (Å²) in [5, 5.41) is 4.32. The minimum Gasteiger partial charge on any atom is -0.497 e. The molecule has 3 aromatic rings. The Morgan fingerprint density at radius 1 is 1.00 bits per heavy atom. The predicted octanol–water partition coefficient (Wildman–Crippen LogP) is 6.47. The minimum atomic E-state index is -1.36. The van der Waals surface area contributed by atoms with E-state index in [4.69, 9.17) is 16.3 Å². The molecular formula is C31H40ClN3O4. The van der Waals surface area contributed by atoms with E-state index in [0.29, 0.717) is 58.0 Å². The van der Waals surface area contributed by atoms with Gasteiger partial charge in [-0.1, -0.05) is 44.2 Å². The van der Waals surface area contributed by atoms with Crippen LogP contribution in [0.2, 0.25) is 5.02 Å². The highest BCUT2D eigenvalue weighted by atomic mass is 35.5. The van der Waals surface area contributed by atoms with Crippen LogP contribution in [-0.4, -0.2) is 47.4 Å². The van der Waals surface area contributed by atoms with Gasteiger partial charge < -0.3 is 15.0 Å². The molecule has 3 rings (SSSR count). The van der Waals surface area contributed by atoms with Gasteiger partial charge in [0, 0.05) is 47.2 Å². The maximum Gasteiger partial charge on any atom is 0.262 e. The van der Waals surface area contributed by atoms with E-state index >= 15 is 0 Å². The molecule has 210 valence electrons. The van der Waals surface area contributed by atoms with Crippen molar-refractivity contribution in [3.63, 3.8) is 0 Å². The molecule has 2 amide bonds. The molecule has 0 spiro atoms. The van der Waals surface area contributed by atoms with E-state index in [2.05, 4.69) is 12.2 Å². The van der Waals surface area contributed by atoms with Crippen LogP contribution in [0.5, 0.6) is 5.75 Å². The summed E-state index contributed by atoms with van der Waals surface area (Å²) in [5.74, 6) is -0.136. The molecular weight excluding hydrogens is 514 g/mol. The first-order valence-electron chi connectivity index (χ1n) is 13.7. The molecule has 1 N–H and O–H groups in total. The molecule has 39 heavy (non-hydrogen) atoms. The smallest absolute Gasteiger partial charge is 0.262 e. The lowest BCUT2D eigenvalue weighted by molar-refractivity contribution is -0.142. The number of fused-ring (bicyclic) bond motifs is 1. The van der Waals surface area contributed by atoms with Gasteiger partial charge in [-0.3, -0.25) is 19.0 Å². The third-order valence-corrected chi connectivity index (χ3v) is 7.59. The van der Waals surface area contributed by atoms with E-state index in [0.717, 1.165) is 25.7 Å². The minimum absolute atomic E-state index is 0.178. The Labute approximate surface area is 236 Å². The van der Waals surface area contributed by atoms with Crippen LogP contribution in [0.15, 0.2) is 42.5 Å². The van der Waals surface area contributed by atoms with Gasteiger partial charge >= 0.3 is 0 Å². The van der Waals surface area contributed by atoms with Crippen molar-refractivity contribution in [1.82, 2.24) is 14.8 Å². The number of hydrogen-bond acceptors (Lipinski definition) is 4. The van der Waals surface area contributed by atoms with Crippen LogP contribution in [0.25, 0.3) is 10.9 Å². The number of rotatable bonds is 12. The van der Waals surface area contributed by atoms with Gasteiger partial charge in [0.25, 0.3) is 11.8 Å². The lowest BCUT2D eigenvalue weighted by Gasteiger charge is -2.38. The van der Waals surface area contributed by atoms with Crippen molar-refractivity contribution in [2.75, 3.05) is 20.2 Å². The molecule has 0 radical (unpaired) electrons. The first kappa shape index (κ1) is 30.2. The second-order valence-electron chi connectivity index (χ2n) is 9.87. The number of aromatic nitrogens is 1. The zero-order chi connectivity index (χ0) is 28.7. The quantitative estimate of drug-likeness (QED) is 0.261. The summed E-state index contributed by atoms with van der Waals surface area (Å²) in [7, 11) is 1.58. The first-order valence-corrected chi connectivity index (χ1v) is 14.1. The molecule has 0 saturated carbocycles. The molecule has 1 aromatic heterocycles. The number of halogens is 1. The summed E-state index contributed by atoms with van der Waals surface area (Å²) in [5.41, 5.74) is 0.972. The van der Waals surface area contributed by atoms with Gasteiger partial charge in [0.2, 0.25) is 5.91 Å². The number of carbonyl (C=O) groups is 3. The number of nitrogens with one attached hydrogen (secondary N) is 1. The molecule has 0 aliphatic heterocycles. The summed E-state index contributed by atoms with van der Waals surface area (Å²) >= 11 is 6.08. The highest BCUT2D eigenvalue weighted by molar-refractivity contribution is 6.30. The number of unbranched alkanes of at least 4 members (excludes halogenated alkanes) is 3. The second-order valence-corrected chi connectivity index (χ2v) is 10.3. The fourth-order valence-electron chi connectivity index (χ4n) is 5.46. The van der Waals surface area contributed by atoms with Gasteiger partial charge in [0.15, 0.2) is 0 Å². The van der Waals surface area contributed by atoms with E-state index in [9.17, 15) is 14.4 Å². The zero-order valence-corrected chi connectivity index (χ0v) is 24.7. The zero-order valence-electron chi connectivity index (χ0n) is 23.9. The summed E-state index contributed by atoms with van der Waals surface area (Å²) in [6.45, 7) is 10.3. The van der Waals surface area contributed by atoms with Crippen LogP contribution in [0.3, 0.4) is 0 Å². The van der Waals surface area contributed by atoms with Gasteiger partial charge in [-0.15, -0.1) is 0 Å². The molecule has 0 bridgehead atoms. The van der Waals surface area contributed by atoms with Crippen molar-refractivity contribution in [3.8, 4) is 5.75 Å². The number of benzene rings is 2. The Balaban J connectivity index is 2.40. The lowest BCUT2D eigenvalue weighted by Crippen LogP contribution is -2.57. The number of likely N-dealkylation sites (N-methyl/N-ethyl adjacent to an activating group) is 1. The average molecular weight is 554 g/mol. The van der Waals surface area contributed by atoms with Gasteiger partial charge in [-0.2, -0.15) is 0 Å². The van der Waals surface area contributed by atoms with Gasteiger partial charge in [0.1, 0.15) is 11.3 Å². The molecule has 2 aromatic carbocycles. The van der Waals surface area contributed by atoms with Crippen LogP contribution in [-0.2, 0) is 15.1 Å². The highest BCUT2D eigenvalue weighted by Gasteiger charge is 2.46. The van der Waals surface area contributed by atoms with Crippen molar-refractivity contribution in [1.29, 1.82) is 0 Å². The molecule has 0 aliphatic carbocycles. The van der Waals surface area contributed by atoms with Gasteiger partial charge in [-0.25, -0.2) is 0 Å². The van der Waals surface area contributed by atoms with Crippen molar-refractivity contribution in [2.45, 2.75) is 72.3 Å². The van der Waals surface area contributed by atoms with E-state index in [-0.39, 0.29) is 17.7 Å². The fraction of sp³-hybridized carbons (Fsp3) is 0.452.